The van der Waals surface area contributed by atoms with Crippen LogP contribution in [0.3, 0.4) is 0 Å². The molecular formula is C26H34F2. The van der Waals surface area contributed by atoms with Crippen molar-refractivity contribution < 1.29 is 8.78 Å². The highest BCUT2D eigenvalue weighted by Gasteiger charge is 2.22. The smallest absolute Gasteiger partial charge is 0.166 e. The minimum Gasteiger partial charge on any atom is -0.203 e. The van der Waals surface area contributed by atoms with E-state index >= 15 is 0 Å². The van der Waals surface area contributed by atoms with Crippen LogP contribution in [0.15, 0.2) is 36.4 Å². The third-order valence-corrected chi connectivity index (χ3v) is 6.45. The number of aryl methyl sites for hydroxylation is 1. The first-order valence-electron chi connectivity index (χ1n) is 11.2. The summed E-state index contributed by atoms with van der Waals surface area (Å²) >= 11 is 0. The number of halogens is 2. The average Bonchev–Trinajstić information content (AvgIpc) is 2.72. The maximum Gasteiger partial charge on any atom is 0.166 e. The van der Waals surface area contributed by atoms with E-state index in [0.717, 1.165) is 30.7 Å². The fraction of sp³-hybridized carbons (Fsp3) is 0.538. The summed E-state index contributed by atoms with van der Waals surface area (Å²) in [7, 11) is 0. The molecule has 0 atom stereocenters. The lowest BCUT2D eigenvalue weighted by atomic mass is 9.77. The standard InChI is InChI=1S/C26H34F2/c1-3-5-6-8-23-17-18-24(26(28)25(23)27)22-15-13-21(14-16-22)20-11-9-19(7-4-2)10-12-20/h13-20H,3-12H2,1-2H3. The Morgan fingerprint density at radius 1 is 0.786 bits per heavy atom. The average molecular weight is 385 g/mol. The molecule has 28 heavy (non-hydrogen) atoms. The number of hydrogen-bond acceptors (Lipinski definition) is 0. The maximum absolute atomic E-state index is 14.7. The zero-order valence-electron chi connectivity index (χ0n) is 17.4. The molecule has 1 saturated carbocycles. The van der Waals surface area contributed by atoms with Crippen LogP contribution in [0.2, 0.25) is 0 Å². The van der Waals surface area contributed by atoms with E-state index in [0.29, 0.717) is 23.5 Å². The summed E-state index contributed by atoms with van der Waals surface area (Å²) in [5, 5.41) is 0. The Balaban J connectivity index is 1.69. The molecule has 0 unspecified atom stereocenters. The summed E-state index contributed by atoms with van der Waals surface area (Å²) in [6.45, 7) is 4.38. The van der Waals surface area contributed by atoms with E-state index < -0.39 is 11.6 Å². The van der Waals surface area contributed by atoms with Gasteiger partial charge in [0.15, 0.2) is 11.6 Å². The SMILES string of the molecule is CCCCCc1ccc(-c2ccc(C3CCC(CCC)CC3)cc2)c(F)c1F. The van der Waals surface area contributed by atoms with Gasteiger partial charge in [0, 0.05) is 5.56 Å². The van der Waals surface area contributed by atoms with Crippen LogP contribution in [0.25, 0.3) is 11.1 Å². The lowest BCUT2D eigenvalue weighted by Gasteiger charge is -2.28. The van der Waals surface area contributed by atoms with Gasteiger partial charge in [-0.15, -0.1) is 0 Å². The zero-order chi connectivity index (χ0) is 19.9. The van der Waals surface area contributed by atoms with Gasteiger partial charge in [0.1, 0.15) is 0 Å². The Bertz CT molecular complexity index is 740. The molecule has 0 N–H and O–H groups in total. The Morgan fingerprint density at radius 2 is 1.50 bits per heavy atom. The lowest BCUT2D eigenvalue weighted by molar-refractivity contribution is 0.308. The van der Waals surface area contributed by atoms with Gasteiger partial charge in [-0.25, -0.2) is 8.78 Å². The minimum absolute atomic E-state index is 0.370. The second kappa shape index (κ2) is 10.2. The maximum atomic E-state index is 14.7. The van der Waals surface area contributed by atoms with E-state index in [-0.39, 0.29) is 0 Å². The van der Waals surface area contributed by atoms with Gasteiger partial charge in [-0.2, -0.15) is 0 Å². The highest BCUT2D eigenvalue weighted by atomic mass is 19.2. The quantitative estimate of drug-likeness (QED) is 0.401. The number of rotatable bonds is 8. The molecule has 0 nitrogen and oxygen atoms in total. The van der Waals surface area contributed by atoms with E-state index in [9.17, 15) is 8.78 Å². The van der Waals surface area contributed by atoms with Crippen LogP contribution in [0, 0.1) is 17.6 Å². The summed E-state index contributed by atoms with van der Waals surface area (Å²) in [6.07, 6.45) is 11.4. The molecule has 2 aromatic carbocycles. The highest BCUT2D eigenvalue weighted by Crippen LogP contribution is 2.38. The molecule has 0 spiro atoms. The van der Waals surface area contributed by atoms with E-state index in [1.54, 1.807) is 12.1 Å². The van der Waals surface area contributed by atoms with Gasteiger partial charge in [0.05, 0.1) is 0 Å². The molecule has 2 heteroatoms. The summed E-state index contributed by atoms with van der Waals surface area (Å²) in [5.41, 5.74) is 2.97. The van der Waals surface area contributed by atoms with E-state index in [1.165, 1.54) is 44.1 Å². The minimum atomic E-state index is -0.707. The molecule has 1 aliphatic rings. The molecule has 0 aromatic heterocycles. The molecule has 1 fully saturated rings. The number of hydrogen-bond donors (Lipinski definition) is 0. The van der Waals surface area contributed by atoms with Crippen LogP contribution < -0.4 is 0 Å². The van der Waals surface area contributed by atoms with Gasteiger partial charge in [0.25, 0.3) is 0 Å². The van der Waals surface area contributed by atoms with Crippen molar-refractivity contribution in [1.29, 1.82) is 0 Å². The van der Waals surface area contributed by atoms with Gasteiger partial charge in [-0.05, 0) is 67.1 Å². The molecule has 3 rings (SSSR count). The Morgan fingerprint density at radius 3 is 2.14 bits per heavy atom. The third kappa shape index (κ3) is 5.01. The van der Waals surface area contributed by atoms with Crippen LogP contribution in [-0.2, 0) is 6.42 Å². The van der Waals surface area contributed by atoms with Crippen LogP contribution in [0.1, 0.15) is 88.7 Å². The number of unbranched alkanes of at least 4 members (excludes halogenated alkanes) is 2. The van der Waals surface area contributed by atoms with Gasteiger partial charge in [0.2, 0.25) is 0 Å². The molecule has 152 valence electrons. The van der Waals surface area contributed by atoms with Crippen molar-refractivity contribution in [3.63, 3.8) is 0 Å². The molecule has 1 aliphatic carbocycles. The van der Waals surface area contributed by atoms with Crippen molar-refractivity contribution in [2.45, 2.75) is 84.0 Å². The summed E-state index contributed by atoms with van der Waals surface area (Å²) in [5.74, 6) is 0.131. The molecule has 0 aliphatic heterocycles. The topological polar surface area (TPSA) is 0 Å². The Hall–Kier alpha value is -1.70. The fourth-order valence-corrected chi connectivity index (χ4v) is 4.70. The van der Waals surface area contributed by atoms with Crippen molar-refractivity contribution in [3.8, 4) is 11.1 Å². The molecule has 0 heterocycles. The Kier molecular flexibility index (Phi) is 7.65. The first-order valence-corrected chi connectivity index (χ1v) is 11.2. The second-order valence-electron chi connectivity index (χ2n) is 8.49. The second-order valence-corrected chi connectivity index (χ2v) is 8.49. The molecule has 0 saturated heterocycles. The lowest BCUT2D eigenvalue weighted by Crippen LogP contribution is -2.13. The van der Waals surface area contributed by atoms with Gasteiger partial charge in [-0.3, -0.25) is 0 Å². The zero-order valence-corrected chi connectivity index (χ0v) is 17.4. The normalized spacial score (nSPS) is 19.7. The van der Waals surface area contributed by atoms with E-state index in [1.807, 2.05) is 12.1 Å². The summed E-state index contributed by atoms with van der Waals surface area (Å²) in [6, 6.07) is 11.7. The van der Waals surface area contributed by atoms with E-state index in [4.69, 9.17) is 0 Å². The van der Waals surface area contributed by atoms with Crippen LogP contribution >= 0.6 is 0 Å². The van der Waals surface area contributed by atoms with Crippen molar-refractivity contribution in [2.24, 2.45) is 5.92 Å². The van der Waals surface area contributed by atoms with Crippen molar-refractivity contribution in [3.05, 3.63) is 59.2 Å². The summed E-state index contributed by atoms with van der Waals surface area (Å²) < 4.78 is 29.1. The van der Waals surface area contributed by atoms with Crippen molar-refractivity contribution in [1.82, 2.24) is 0 Å². The van der Waals surface area contributed by atoms with Gasteiger partial charge < -0.3 is 0 Å². The van der Waals surface area contributed by atoms with Crippen LogP contribution in [0.5, 0.6) is 0 Å². The molecule has 0 bridgehead atoms. The number of benzene rings is 2. The molecule has 0 radical (unpaired) electrons. The van der Waals surface area contributed by atoms with Crippen molar-refractivity contribution in [2.75, 3.05) is 0 Å². The summed E-state index contributed by atoms with van der Waals surface area (Å²) in [4.78, 5) is 0. The highest BCUT2D eigenvalue weighted by molar-refractivity contribution is 5.65. The van der Waals surface area contributed by atoms with Crippen LogP contribution in [0.4, 0.5) is 8.78 Å². The van der Waals surface area contributed by atoms with Gasteiger partial charge >= 0.3 is 0 Å². The predicted octanol–water partition coefficient (Wildman–Crippen LogP) is 8.44. The monoisotopic (exact) mass is 384 g/mol. The first kappa shape index (κ1) is 21.0. The predicted molar refractivity (Wildman–Crippen MR) is 115 cm³/mol. The molecular weight excluding hydrogens is 350 g/mol. The molecule has 0 amide bonds. The van der Waals surface area contributed by atoms with Crippen LogP contribution in [-0.4, -0.2) is 0 Å². The molecule has 2 aromatic rings. The fourth-order valence-electron chi connectivity index (χ4n) is 4.70. The van der Waals surface area contributed by atoms with E-state index in [2.05, 4.69) is 26.0 Å². The van der Waals surface area contributed by atoms with Gasteiger partial charge in [-0.1, -0.05) is 75.9 Å². The largest absolute Gasteiger partial charge is 0.203 e. The first-order chi connectivity index (χ1) is 13.6. The van der Waals surface area contributed by atoms with Crippen molar-refractivity contribution >= 4 is 0 Å². The Labute approximate surface area is 169 Å². The third-order valence-electron chi connectivity index (χ3n) is 6.45.